The minimum absolute atomic E-state index is 0.00521. The van der Waals surface area contributed by atoms with Crippen LogP contribution < -0.4 is 4.72 Å². The van der Waals surface area contributed by atoms with Crippen molar-refractivity contribution in [2.75, 3.05) is 5.75 Å². The highest BCUT2D eigenvalue weighted by molar-refractivity contribution is 7.89. The second kappa shape index (κ2) is 8.98. The lowest BCUT2D eigenvalue weighted by molar-refractivity contribution is -0.174. The molecule has 3 fully saturated rings. The smallest absolute Gasteiger partial charge is 0.251 e. The summed E-state index contributed by atoms with van der Waals surface area (Å²) in [6.45, 7) is 2.66. The number of aliphatic hydroxyl groups is 1. The van der Waals surface area contributed by atoms with Crippen molar-refractivity contribution < 1.29 is 31.5 Å². The van der Waals surface area contributed by atoms with Gasteiger partial charge < -0.3 is 10.0 Å². The fourth-order valence-electron chi connectivity index (χ4n) is 5.03. The van der Waals surface area contributed by atoms with Crippen LogP contribution in [-0.4, -0.2) is 60.0 Å². The maximum Gasteiger partial charge on any atom is 0.251 e. The topological polar surface area (TPSA) is 86.7 Å². The molecule has 1 saturated carbocycles. The van der Waals surface area contributed by atoms with Crippen LogP contribution >= 0.6 is 0 Å². The summed E-state index contributed by atoms with van der Waals surface area (Å²) in [5.74, 6) is -2.48. The van der Waals surface area contributed by atoms with Gasteiger partial charge in [-0.3, -0.25) is 4.79 Å². The normalized spacial score (nSPS) is 27.2. The number of sulfonamides is 1. The maximum atomic E-state index is 15.7. The summed E-state index contributed by atoms with van der Waals surface area (Å²) in [4.78, 5) is 14.1. The van der Waals surface area contributed by atoms with Gasteiger partial charge in [0.05, 0.1) is 17.8 Å². The van der Waals surface area contributed by atoms with Gasteiger partial charge in [0.15, 0.2) is 0 Å². The molecular weight excluding hydrogens is 469 g/mol. The lowest BCUT2D eigenvalue weighted by atomic mass is 9.64. The number of fused-ring (bicyclic) bond motifs is 2. The summed E-state index contributed by atoms with van der Waals surface area (Å²) in [6.07, 6.45) is -1.95. The van der Waals surface area contributed by atoms with E-state index in [9.17, 15) is 22.7 Å². The molecule has 3 atom stereocenters. The van der Waals surface area contributed by atoms with Crippen molar-refractivity contribution in [3.63, 3.8) is 0 Å². The molecule has 2 N–H and O–H groups in total. The largest absolute Gasteiger partial charge is 0.384 e. The molecule has 2 bridgehead atoms. The highest BCUT2D eigenvalue weighted by Crippen LogP contribution is 2.50. The third kappa shape index (κ3) is 4.46. The molecule has 3 aliphatic rings. The van der Waals surface area contributed by atoms with Gasteiger partial charge in [-0.1, -0.05) is 30.3 Å². The fraction of sp³-hybridized carbons (Fsp3) is 0.458. The number of halogens is 3. The van der Waals surface area contributed by atoms with Crippen molar-refractivity contribution >= 4 is 15.9 Å². The Kier molecular flexibility index (Phi) is 6.52. The Morgan fingerprint density at radius 3 is 2.47 bits per heavy atom. The highest BCUT2D eigenvalue weighted by atomic mass is 32.2. The summed E-state index contributed by atoms with van der Waals surface area (Å²) >= 11 is 0. The Hall–Kier alpha value is -2.43. The van der Waals surface area contributed by atoms with Crippen molar-refractivity contribution in [1.29, 1.82) is 0 Å². The first-order chi connectivity index (χ1) is 16.0. The van der Waals surface area contributed by atoms with Crippen LogP contribution in [0.25, 0.3) is 11.1 Å². The van der Waals surface area contributed by atoms with Gasteiger partial charge in [0.25, 0.3) is 5.91 Å². The van der Waals surface area contributed by atoms with Crippen LogP contribution in [0, 0.1) is 11.6 Å². The van der Waals surface area contributed by atoms with E-state index in [1.807, 2.05) is 0 Å². The van der Waals surface area contributed by atoms with E-state index in [-0.39, 0.29) is 36.1 Å². The zero-order valence-electron chi connectivity index (χ0n) is 18.8. The van der Waals surface area contributed by atoms with Crippen LogP contribution in [0.5, 0.6) is 0 Å². The minimum Gasteiger partial charge on any atom is -0.384 e. The van der Waals surface area contributed by atoms with Gasteiger partial charge in [0.1, 0.15) is 23.4 Å². The number of nitrogens with zero attached hydrogens (tertiary/aromatic N) is 1. The van der Waals surface area contributed by atoms with E-state index in [0.29, 0.717) is 5.56 Å². The molecule has 2 aromatic rings. The molecule has 2 saturated heterocycles. The van der Waals surface area contributed by atoms with E-state index in [1.54, 1.807) is 30.3 Å². The Bertz CT molecular complexity index is 1180. The standard InChI is InChI=1S/C24H27F3N2O4S/c1-3-34(32,33)28-22-20(29(23(31)14(2)30)18-12-24(22,27)13-18)10-16-9-17(25)11-19(21(16)26)15-7-5-4-6-8-15/h4-9,11,14,18,20,22,28,30H,3,10,12-13H2,1-2H3/t14-,18?,20?,22?,24?/m1/s1. The van der Waals surface area contributed by atoms with Gasteiger partial charge in [-0.25, -0.2) is 26.3 Å². The zero-order chi connectivity index (χ0) is 24.8. The van der Waals surface area contributed by atoms with E-state index in [4.69, 9.17) is 0 Å². The van der Waals surface area contributed by atoms with Crippen molar-refractivity contribution in [3.05, 3.63) is 59.7 Å². The lowest BCUT2D eigenvalue weighted by Gasteiger charge is -2.61. The molecule has 2 unspecified atom stereocenters. The number of piperidine rings is 2. The number of carbonyl (C=O) groups is 1. The average molecular weight is 497 g/mol. The number of nitrogens with one attached hydrogen (secondary N) is 1. The van der Waals surface area contributed by atoms with Crippen LogP contribution in [0.3, 0.4) is 0 Å². The third-order valence-electron chi connectivity index (χ3n) is 6.77. The van der Waals surface area contributed by atoms with Gasteiger partial charge in [-0.2, -0.15) is 0 Å². The molecule has 34 heavy (non-hydrogen) atoms. The van der Waals surface area contributed by atoms with E-state index in [2.05, 4.69) is 4.72 Å². The van der Waals surface area contributed by atoms with Crippen molar-refractivity contribution in [1.82, 2.24) is 9.62 Å². The Morgan fingerprint density at radius 2 is 1.88 bits per heavy atom. The molecule has 2 aromatic carbocycles. The van der Waals surface area contributed by atoms with Crippen LogP contribution in [0.2, 0.25) is 0 Å². The summed E-state index contributed by atoms with van der Waals surface area (Å²) in [5.41, 5.74) is -1.60. The number of hydrogen-bond acceptors (Lipinski definition) is 4. The number of aliphatic hydroxyl groups excluding tert-OH is 1. The van der Waals surface area contributed by atoms with Crippen LogP contribution in [-0.2, 0) is 21.2 Å². The summed E-state index contributed by atoms with van der Waals surface area (Å²) in [6, 6.07) is 7.28. The SMILES string of the molecule is CCS(=O)(=O)NC1C(Cc2cc(F)cc(-c3ccccc3)c2F)N(C(=O)[C@@H](C)O)C2CC1(F)C2. The summed E-state index contributed by atoms with van der Waals surface area (Å²) in [7, 11) is -3.89. The van der Waals surface area contributed by atoms with Crippen LogP contribution in [0.4, 0.5) is 13.2 Å². The monoisotopic (exact) mass is 496 g/mol. The molecule has 184 valence electrons. The number of alkyl halides is 1. The maximum absolute atomic E-state index is 15.7. The second-order valence-electron chi connectivity index (χ2n) is 9.08. The van der Waals surface area contributed by atoms with E-state index in [1.165, 1.54) is 18.7 Å². The third-order valence-corrected chi connectivity index (χ3v) is 8.14. The van der Waals surface area contributed by atoms with Gasteiger partial charge in [-0.15, -0.1) is 0 Å². The van der Waals surface area contributed by atoms with Gasteiger partial charge in [-0.05, 0) is 43.5 Å². The average Bonchev–Trinajstić information content (AvgIpc) is 2.77. The molecule has 5 rings (SSSR count). The van der Waals surface area contributed by atoms with Crippen molar-refractivity contribution in [2.45, 2.75) is 63.0 Å². The predicted molar refractivity (Wildman–Crippen MR) is 121 cm³/mol. The number of amides is 1. The van der Waals surface area contributed by atoms with Crippen LogP contribution in [0.1, 0.15) is 32.3 Å². The molecule has 10 heteroatoms. The van der Waals surface area contributed by atoms with Crippen molar-refractivity contribution in [3.8, 4) is 11.1 Å². The minimum atomic E-state index is -3.89. The molecule has 2 aliphatic heterocycles. The quantitative estimate of drug-likeness (QED) is 0.617. The van der Waals surface area contributed by atoms with Gasteiger partial charge in [0, 0.05) is 24.4 Å². The summed E-state index contributed by atoms with van der Waals surface area (Å²) in [5, 5.41) is 9.96. The Morgan fingerprint density at radius 1 is 1.24 bits per heavy atom. The van der Waals surface area contributed by atoms with Crippen LogP contribution in [0.15, 0.2) is 42.5 Å². The molecule has 0 radical (unpaired) electrons. The van der Waals surface area contributed by atoms with E-state index < -0.39 is 57.5 Å². The Labute approximate surface area is 196 Å². The molecule has 2 heterocycles. The number of rotatable bonds is 7. The first-order valence-corrected chi connectivity index (χ1v) is 12.8. The number of benzene rings is 2. The molecular formula is C24H27F3N2O4S. The number of carbonyl (C=O) groups excluding carboxylic acids is 1. The Balaban J connectivity index is 1.79. The summed E-state index contributed by atoms with van der Waals surface area (Å²) < 4.78 is 72.9. The molecule has 0 aromatic heterocycles. The van der Waals surface area contributed by atoms with E-state index >= 15 is 8.78 Å². The molecule has 6 nitrogen and oxygen atoms in total. The molecule has 0 spiro atoms. The van der Waals surface area contributed by atoms with Gasteiger partial charge >= 0.3 is 0 Å². The zero-order valence-corrected chi connectivity index (χ0v) is 19.7. The number of hydrogen-bond donors (Lipinski definition) is 2. The lowest BCUT2D eigenvalue weighted by Crippen LogP contribution is -2.77. The van der Waals surface area contributed by atoms with Gasteiger partial charge in [0.2, 0.25) is 10.0 Å². The van der Waals surface area contributed by atoms with Crippen molar-refractivity contribution in [2.24, 2.45) is 0 Å². The first kappa shape index (κ1) is 24.7. The second-order valence-corrected chi connectivity index (χ2v) is 11.1. The predicted octanol–water partition coefficient (Wildman–Crippen LogP) is 2.94. The fourth-order valence-corrected chi connectivity index (χ4v) is 5.96. The molecule has 1 amide bonds. The first-order valence-electron chi connectivity index (χ1n) is 11.2. The molecule has 1 aliphatic carbocycles. The highest BCUT2D eigenvalue weighted by Gasteiger charge is 2.63. The van der Waals surface area contributed by atoms with E-state index in [0.717, 1.165) is 12.1 Å².